The van der Waals surface area contributed by atoms with Crippen molar-refractivity contribution < 1.29 is 18.7 Å². The number of hydrogen-bond acceptors (Lipinski definition) is 4. The van der Waals surface area contributed by atoms with Crippen LogP contribution in [-0.4, -0.2) is 40.7 Å². The van der Waals surface area contributed by atoms with Crippen LogP contribution in [0.5, 0.6) is 0 Å². The molecule has 3 rings (SSSR count). The molecule has 142 valence electrons. The molecule has 0 saturated carbocycles. The van der Waals surface area contributed by atoms with E-state index in [1.54, 1.807) is 29.1 Å². The van der Waals surface area contributed by atoms with E-state index in [1.807, 2.05) is 6.07 Å². The number of benzene rings is 1. The summed E-state index contributed by atoms with van der Waals surface area (Å²) in [5.41, 5.74) is 7.15. The van der Waals surface area contributed by atoms with Gasteiger partial charge >= 0.3 is 6.09 Å². The molecule has 9 heteroatoms. The van der Waals surface area contributed by atoms with E-state index in [1.165, 1.54) is 17.9 Å². The molecule has 1 aliphatic heterocycles. The molecule has 27 heavy (non-hydrogen) atoms. The Morgan fingerprint density at radius 1 is 1.44 bits per heavy atom. The summed E-state index contributed by atoms with van der Waals surface area (Å²) in [6.45, 7) is 1.84. The van der Waals surface area contributed by atoms with Crippen molar-refractivity contribution in [3.8, 4) is 5.69 Å². The lowest BCUT2D eigenvalue weighted by Gasteiger charge is -2.15. The zero-order valence-corrected chi connectivity index (χ0v) is 15.5. The molecule has 3 N–H and O–H groups in total. The maximum absolute atomic E-state index is 14.6. The minimum Gasteiger partial charge on any atom is -0.442 e. The fraction of sp³-hybridized carbons (Fsp3) is 0.278. The van der Waals surface area contributed by atoms with Gasteiger partial charge in [0, 0.05) is 25.7 Å². The van der Waals surface area contributed by atoms with Gasteiger partial charge in [-0.1, -0.05) is 12.2 Å². The maximum Gasteiger partial charge on any atom is 0.414 e. The molecule has 1 atom stereocenters. The Hall–Kier alpha value is -2.94. The van der Waals surface area contributed by atoms with Crippen molar-refractivity contribution in [3.05, 3.63) is 48.0 Å². The molecule has 7 nitrogen and oxygen atoms in total. The summed E-state index contributed by atoms with van der Waals surface area (Å²) in [6.07, 6.45) is 2.87. The molecule has 1 aliphatic rings. The van der Waals surface area contributed by atoms with Gasteiger partial charge in [0.25, 0.3) is 0 Å². The van der Waals surface area contributed by atoms with Gasteiger partial charge in [-0.15, -0.1) is 0 Å². The highest BCUT2D eigenvalue weighted by atomic mass is 32.1. The van der Waals surface area contributed by atoms with Gasteiger partial charge < -0.3 is 20.4 Å². The minimum atomic E-state index is -0.572. The molecule has 1 aromatic carbocycles. The van der Waals surface area contributed by atoms with Crippen molar-refractivity contribution in [3.63, 3.8) is 0 Å². The number of thiocarbonyl (C=S) groups is 1. The topological polar surface area (TPSA) is 89.6 Å². The van der Waals surface area contributed by atoms with Crippen LogP contribution < -0.4 is 16.0 Å². The van der Waals surface area contributed by atoms with Crippen LogP contribution in [0.15, 0.2) is 36.7 Å². The SMILES string of the molecule is CC(=O)NC[C@H]1CN(c2ccc(-n3ccc(CC(N)=S)c3)c(F)c2)C(=O)O1. The van der Waals surface area contributed by atoms with Gasteiger partial charge in [-0.05, 0) is 29.8 Å². The van der Waals surface area contributed by atoms with Crippen LogP contribution in [-0.2, 0) is 16.0 Å². The summed E-state index contributed by atoms with van der Waals surface area (Å²) >= 11 is 4.88. The number of aromatic nitrogens is 1. The van der Waals surface area contributed by atoms with Crippen molar-refractivity contribution in [2.24, 2.45) is 5.73 Å². The third-order valence-electron chi connectivity index (χ3n) is 4.11. The van der Waals surface area contributed by atoms with Gasteiger partial charge in [0.15, 0.2) is 0 Å². The van der Waals surface area contributed by atoms with Crippen LogP contribution in [0.1, 0.15) is 12.5 Å². The van der Waals surface area contributed by atoms with E-state index in [-0.39, 0.29) is 19.0 Å². The van der Waals surface area contributed by atoms with Gasteiger partial charge in [-0.2, -0.15) is 0 Å². The first kappa shape index (κ1) is 18.8. The fourth-order valence-electron chi connectivity index (χ4n) is 2.87. The average Bonchev–Trinajstić information content (AvgIpc) is 3.19. The van der Waals surface area contributed by atoms with Crippen molar-refractivity contribution in [1.29, 1.82) is 0 Å². The second-order valence-electron chi connectivity index (χ2n) is 6.26. The second kappa shape index (κ2) is 7.75. The number of ether oxygens (including phenoxy) is 1. The summed E-state index contributed by atoms with van der Waals surface area (Å²) in [7, 11) is 0. The number of cyclic esters (lactones) is 1. The maximum atomic E-state index is 14.6. The molecule has 0 unspecified atom stereocenters. The first-order valence-corrected chi connectivity index (χ1v) is 8.72. The lowest BCUT2D eigenvalue weighted by molar-refractivity contribution is -0.119. The molecule has 2 heterocycles. The van der Waals surface area contributed by atoms with E-state index in [2.05, 4.69) is 5.32 Å². The van der Waals surface area contributed by atoms with Gasteiger partial charge in [-0.25, -0.2) is 9.18 Å². The number of rotatable bonds is 6. The average molecular weight is 390 g/mol. The molecule has 0 spiro atoms. The molecular weight excluding hydrogens is 371 g/mol. The van der Waals surface area contributed by atoms with E-state index in [4.69, 9.17) is 22.7 Å². The Morgan fingerprint density at radius 3 is 2.89 bits per heavy atom. The number of halogens is 1. The molecule has 2 amide bonds. The first-order valence-electron chi connectivity index (χ1n) is 8.31. The van der Waals surface area contributed by atoms with E-state index < -0.39 is 18.0 Å². The zero-order valence-electron chi connectivity index (χ0n) is 14.6. The highest BCUT2D eigenvalue weighted by molar-refractivity contribution is 7.80. The smallest absolute Gasteiger partial charge is 0.414 e. The lowest BCUT2D eigenvalue weighted by atomic mass is 10.2. The number of carbonyl (C=O) groups excluding carboxylic acids is 2. The number of nitrogens with one attached hydrogen (secondary N) is 1. The van der Waals surface area contributed by atoms with Crippen LogP contribution in [0.3, 0.4) is 0 Å². The standard InChI is InChI=1S/C18H19FN4O3S/c1-11(24)21-8-14-10-23(18(25)26-14)13-2-3-16(15(19)7-13)22-5-4-12(9-22)6-17(20)27/h2-5,7,9,14H,6,8,10H2,1H3,(H2,20,27)(H,21,24)/t14-/m0/s1. The third kappa shape index (κ3) is 4.43. The number of anilines is 1. The second-order valence-corrected chi connectivity index (χ2v) is 6.78. The van der Waals surface area contributed by atoms with Crippen LogP contribution in [0.2, 0.25) is 0 Å². The van der Waals surface area contributed by atoms with Crippen molar-refractivity contribution in [1.82, 2.24) is 9.88 Å². The summed E-state index contributed by atoms with van der Waals surface area (Å²) in [5.74, 6) is -0.690. The monoisotopic (exact) mass is 390 g/mol. The summed E-state index contributed by atoms with van der Waals surface area (Å²) in [4.78, 5) is 24.7. The number of nitrogens with two attached hydrogens (primary N) is 1. The minimum absolute atomic E-state index is 0.207. The van der Waals surface area contributed by atoms with E-state index in [0.717, 1.165) is 5.56 Å². The Kier molecular flexibility index (Phi) is 5.41. The Balaban J connectivity index is 1.75. The van der Waals surface area contributed by atoms with Crippen LogP contribution in [0.4, 0.5) is 14.9 Å². The number of carbonyl (C=O) groups is 2. The van der Waals surface area contributed by atoms with Crippen molar-refractivity contribution in [2.45, 2.75) is 19.4 Å². The van der Waals surface area contributed by atoms with Gasteiger partial charge in [0.2, 0.25) is 5.91 Å². The quantitative estimate of drug-likeness (QED) is 0.736. The molecule has 2 aromatic rings. The van der Waals surface area contributed by atoms with E-state index >= 15 is 0 Å². The zero-order chi connectivity index (χ0) is 19.6. The van der Waals surface area contributed by atoms with Gasteiger partial charge in [0.05, 0.1) is 29.5 Å². The van der Waals surface area contributed by atoms with E-state index in [0.29, 0.717) is 22.8 Å². The molecule has 1 fully saturated rings. The highest BCUT2D eigenvalue weighted by Crippen LogP contribution is 2.26. The fourth-order valence-corrected chi connectivity index (χ4v) is 3.03. The number of nitrogens with zero attached hydrogens (tertiary/aromatic N) is 2. The first-order chi connectivity index (χ1) is 12.8. The number of amides is 2. The number of hydrogen-bond donors (Lipinski definition) is 2. The Morgan fingerprint density at radius 2 is 2.22 bits per heavy atom. The largest absolute Gasteiger partial charge is 0.442 e. The molecule has 1 saturated heterocycles. The normalized spacial score (nSPS) is 16.3. The van der Waals surface area contributed by atoms with Crippen LogP contribution in [0, 0.1) is 5.82 Å². The predicted octanol–water partition coefficient (Wildman–Crippen LogP) is 1.91. The molecule has 0 aliphatic carbocycles. The molecular formula is C18H19FN4O3S. The summed E-state index contributed by atoms with van der Waals surface area (Å²) in [6, 6.07) is 6.33. The summed E-state index contributed by atoms with van der Waals surface area (Å²) < 4.78 is 21.5. The highest BCUT2D eigenvalue weighted by Gasteiger charge is 2.32. The molecule has 1 aromatic heterocycles. The van der Waals surface area contributed by atoms with Crippen LogP contribution >= 0.6 is 12.2 Å². The lowest BCUT2D eigenvalue weighted by Crippen LogP contribution is -2.33. The van der Waals surface area contributed by atoms with Crippen molar-refractivity contribution >= 4 is 34.9 Å². The molecule has 0 radical (unpaired) electrons. The molecule has 0 bridgehead atoms. The summed E-state index contributed by atoms with van der Waals surface area (Å²) in [5, 5.41) is 2.60. The van der Waals surface area contributed by atoms with Crippen molar-refractivity contribution in [2.75, 3.05) is 18.0 Å². The Labute approximate surface area is 160 Å². The predicted molar refractivity (Wildman–Crippen MR) is 103 cm³/mol. The van der Waals surface area contributed by atoms with Gasteiger partial charge in [-0.3, -0.25) is 9.69 Å². The van der Waals surface area contributed by atoms with E-state index in [9.17, 15) is 14.0 Å². The Bertz CT molecular complexity index is 898. The third-order valence-corrected chi connectivity index (χ3v) is 4.25. The van der Waals surface area contributed by atoms with Crippen LogP contribution in [0.25, 0.3) is 5.69 Å². The van der Waals surface area contributed by atoms with Gasteiger partial charge in [0.1, 0.15) is 11.9 Å².